The molecule has 5 rings (SSSR count). The summed E-state index contributed by atoms with van der Waals surface area (Å²) >= 11 is 0. The summed E-state index contributed by atoms with van der Waals surface area (Å²) in [7, 11) is 0. The molecule has 130 valence electrons. The van der Waals surface area contributed by atoms with E-state index in [-0.39, 0.29) is 17.3 Å². The van der Waals surface area contributed by atoms with E-state index >= 15 is 0 Å². The number of H-pyrrole nitrogens is 1. The molecule has 0 bridgehead atoms. The highest BCUT2D eigenvalue weighted by Gasteiger charge is 2.30. The van der Waals surface area contributed by atoms with Gasteiger partial charge in [0.2, 0.25) is 0 Å². The summed E-state index contributed by atoms with van der Waals surface area (Å²) in [4.78, 5) is 35.9. The summed E-state index contributed by atoms with van der Waals surface area (Å²) in [6.07, 6.45) is 9.16. The quantitative estimate of drug-likeness (QED) is 0.864. The lowest BCUT2D eigenvalue weighted by Crippen LogP contribution is -2.32. The first-order valence-corrected chi connectivity index (χ1v) is 9.17. The van der Waals surface area contributed by atoms with E-state index in [4.69, 9.17) is 9.97 Å². The van der Waals surface area contributed by atoms with Gasteiger partial charge in [-0.3, -0.25) is 14.3 Å². The van der Waals surface area contributed by atoms with E-state index < -0.39 is 0 Å². The highest BCUT2D eigenvalue weighted by Crippen LogP contribution is 2.40. The number of fused-ring (bicyclic) bond motifs is 1. The van der Waals surface area contributed by atoms with Crippen molar-refractivity contribution in [2.24, 2.45) is 0 Å². The predicted octanol–water partition coefficient (Wildman–Crippen LogP) is 1.64. The van der Waals surface area contributed by atoms with Gasteiger partial charge in [-0.05, 0) is 44.9 Å². The fourth-order valence-electron chi connectivity index (χ4n) is 3.58. The molecule has 2 aromatic heterocycles. The van der Waals surface area contributed by atoms with Crippen molar-refractivity contribution in [3.05, 3.63) is 49.7 Å². The second-order valence-electron chi connectivity index (χ2n) is 7.39. The van der Waals surface area contributed by atoms with E-state index in [1.54, 1.807) is 10.8 Å². The molecule has 0 amide bonds. The number of anilines is 1. The Morgan fingerprint density at radius 1 is 1.16 bits per heavy atom. The summed E-state index contributed by atoms with van der Waals surface area (Å²) in [5.74, 6) is 2.32. The van der Waals surface area contributed by atoms with Crippen LogP contribution < -0.4 is 16.6 Å². The first-order valence-electron chi connectivity index (χ1n) is 9.17. The van der Waals surface area contributed by atoms with Gasteiger partial charge in [0, 0.05) is 36.0 Å². The van der Waals surface area contributed by atoms with Crippen LogP contribution in [-0.4, -0.2) is 19.5 Å². The van der Waals surface area contributed by atoms with E-state index in [1.807, 2.05) is 0 Å². The standard InChI is InChI=1S/C18H21N5O2/c24-17-11(9-23(12-6-7-12)18(25)22-17)8-19-16-13-2-1-3-14(13)20-15(21-16)10-4-5-10/h9-10,12H,1-8H2,(H,19,20,21)(H,22,24,25). The zero-order valence-electron chi connectivity index (χ0n) is 14.0. The summed E-state index contributed by atoms with van der Waals surface area (Å²) < 4.78 is 1.65. The number of hydrogen-bond acceptors (Lipinski definition) is 5. The molecule has 2 N–H and O–H groups in total. The Hall–Kier alpha value is -2.44. The van der Waals surface area contributed by atoms with Crippen LogP contribution in [0.4, 0.5) is 5.82 Å². The van der Waals surface area contributed by atoms with Gasteiger partial charge in [0.1, 0.15) is 11.6 Å². The molecule has 2 saturated carbocycles. The van der Waals surface area contributed by atoms with Crippen LogP contribution in [0.1, 0.15) is 66.7 Å². The summed E-state index contributed by atoms with van der Waals surface area (Å²) in [6.45, 7) is 0.371. The lowest BCUT2D eigenvalue weighted by molar-refractivity contribution is 0.666. The monoisotopic (exact) mass is 339 g/mol. The van der Waals surface area contributed by atoms with Crippen molar-refractivity contribution >= 4 is 5.82 Å². The van der Waals surface area contributed by atoms with Crippen LogP contribution in [0.25, 0.3) is 0 Å². The number of aromatic amines is 1. The van der Waals surface area contributed by atoms with E-state index in [9.17, 15) is 9.59 Å². The molecular weight excluding hydrogens is 318 g/mol. The van der Waals surface area contributed by atoms with E-state index in [2.05, 4.69) is 10.3 Å². The van der Waals surface area contributed by atoms with Crippen LogP contribution in [0.3, 0.4) is 0 Å². The van der Waals surface area contributed by atoms with Crippen molar-refractivity contribution < 1.29 is 0 Å². The molecule has 2 heterocycles. The second-order valence-corrected chi connectivity index (χ2v) is 7.39. The van der Waals surface area contributed by atoms with E-state index in [0.29, 0.717) is 18.0 Å². The largest absolute Gasteiger partial charge is 0.365 e. The second kappa shape index (κ2) is 5.54. The minimum absolute atomic E-state index is 0.243. The van der Waals surface area contributed by atoms with Crippen LogP contribution in [0, 0.1) is 0 Å². The third kappa shape index (κ3) is 2.77. The molecular formula is C18H21N5O2. The molecule has 0 saturated heterocycles. The SMILES string of the molecule is O=c1[nH]c(=O)n(C2CC2)cc1CNc1nc(C2CC2)nc2c1CCC2. The fourth-order valence-corrected chi connectivity index (χ4v) is 3.58. The van der Waals surface area contributed by atoms with Gasteiger partial charge in [0.15, 0.2) is 0 Å². The van der Waals surface area contributed by atoms with Crippen molar-refractivity contribution in [2.45, 2.75) is 63.5 Å². The number of aromatic nitrogens is 4. The summed E-state index contributed by atoms with van der Waals surface area (Å²) in [5, 5.41) is 3.34. The van der Waals surface area contributed by atoms with E-state index in [0.717, 1.165) is 49.4 Å². The van der Waals surface area contributed by atoms with Gasteiger partial charge in [-0.15, -0.1) is 0 Å². The van der Waals surface area contributed by atoms with Crippen molar-refractivity contribution in [3.8, 4) is 0 Å². The molecule has 0 atom stereocenters. The smallest absolute Gasteiger partial charge is 0.328 e. The molecule has 7 heteroatoms. The number of nitrogens with zero attached hydrogens (tertiary/aromatic N) is 3. The predicted molar refractivity (Wildman–Crippen MR) is 93.0 cm³/mol. The zero-order chi connectivity index (χ0) is 17.0. The Bertz CT molecular complexity index is 953. The van der Waals surface area contributed by atoms with Gasteiger partial charge in [0.05, 0.1) is 5.56 Å². The van der Waals surface area contributed by atoms with Gasteiger partial charge in [-0.2, -0.15) is 0 Å². The van der Waals surface area contributed by atoms with Crippen molar-refractivity contribution in [1.82, 2.24) is 19.5 Å². The minimum atomic E-state index is -0.317. The van der Waals surface area contributed by atoms with Gasteiger partial charge < -0.3 is 5.32 Å². The molecule has 0 spiro atoms. The van der Waals surface area contributed by atoms with E-state index in [1.165, 1.54) is 18.4 Å². The number of hydrogen-bond donors (Lipinski definition) is 2. The molecule has 0 radical (unpaired) electrons. The average molecular weight is 339 g/mol. The lowest BCUT2D eigenvalue weighted by Gasteiger charge is -2.12. The Balaban J connectivity index is 1.44. The number of nitrogens with one attached hydrogen (secondary N) is 2. The van der Waals surface area contributed by atoms with Gasteiger partial charge in [-0.1, -0.05) is 0 Å². The number of aryl methyl sites for hydroxylation is 1. The van der Waals surface area contributed by atoms with Crippen LogP contribution in [0.2, 0.25) is 0 Å². The van der Waals surface area contributed by atoms with Crippen molar-refractivity contribution in [1.29, 1.82) is 0 Å². The van der Waals surface area contributed by atoms with Gasteiger partial charge >= 0.3 is 5.69 Å². The Labute approximate surface area is 144 Å². The molecule has 2 aromatic rings. The van der Waals surface area contributed by atoms with Crippen molar-refractivity contribution in [2.75, 3.05) is 5.32 Å². The Morgan fingerprint density at radius 3 is 2.76 bits per heavy atom. The van der Waals surface area contributed by atoms with Crippen LogP contribution in [0.5, 0.6) is 0 Å². The normalized spacial score (nSPS) is 19.0. The Morgan fingerprint density at radius 2 is 2.00 bits per heavy atom. The maximum Gasteiger partial charge on any atom is 0.328 e. The molecule has 25 heavy (non-hydrogen) atoms. The fraction of sp³-hybridized carbons (Fsp3) is 0.556. The molecule has 0 unspecified atom stereocenters. The van der Waals surface area contributed by atoms with Crippen molar-refractivity contribution in [3.63, 3.8) is 0 Å². The van der Waals surface area contributed by atoms with Gasteiger partial charge in [-0.25, -0.2) is 14.8 Å². The maximum absolute atomic E-state index is 12.1. The lowest BCUT2D eigenvalue weighted by atomic mass is 10.2. The molecule has 7 nitrogen and oxygen atoms in total. The van der Waals surface area contributed by atoms with Crippen LogP contribution in [-0.2, 0) is 19.4 Å². The molecule has 2 fully saturated rings. The highest BCUT2D eigenvalue weighted by molar-refractivity contribution is 5.49. The number of rotatable bonds is 5. The Kier molecular flexibility index (Phi) is 3.29. The zero-order valence-corrected chi connectivity index (χ0v) is 14.0. The molecule has 0 aromatic carbocycles. The van der Waals surface area contributed by atoms with Crippen LogP contribution >= 0.6 is 0 Å². The topological polar surface area (TPSA) is 92.7 Å². The third-order valence-electron chi connectivity index (χ3n) is 5.32. The summed E-state index contributed by atoms with van der Waals surface area (Å²) in [5.41, 5.74) is 2.30. The van der Waals surface area contributed by atoms with Crippen LogP contribution in [0.15, 0.2) is 15.8 Å². The minimum Gasteiger partial charge on any atom is -0.365 e. The molecule has 3 aliphatic rings. The highest BCUT2D eigenvalue weighted by atomic mass is 16.2. The average Bonchev–Trinajstić information content (AvgIpc) is 3.51. The first-order chi connectivity index (χ1) is 12.2. The summed E-state index contributed by atoms with van der Waals surface area (Å²) in [6, 6.07) is 0.243. The maximum atomic E-state index is 12.1. The first kappa shape index (κ1) is 14.9. The molecule has 0 aliphatic heterocycles. The van der Waals surface area contributed by atoms with Gasteiger partial charge in [0.25, 0.3) is 5.56 Å². The molecule has 3 aliphatic carbocycles. The third-order valence-corrected chi connectivity index (χ3v) is 5.32.